The van der Waals surface area contributed by atoms with Crippen molar-refractivity contribution in [2.75, 3.05) is 17.7 Å². The number of nitrogens with two attached hydrogens (primary N) is 1. The van der Waals surface area contributed by atoms with Crippen LogP contribution < -0.4 is 10.6 Å². The zero-order valence-corrected chi connectivity index (χ0v) is 10.8. The van der Waals surface area contributed by atoms with Gasteiger partial charge in [-0.25, -0.2) is 0 Å². The second-order valence-electron chi connectivity index (χ2n) is 4.22. The lowest BCUT2D eigenvalue weighted by Crippen LogP contribution is -2.10. The molecule has 0 saturated carbocycles. The minimum absolute atomic E-state index is 0.107. The fraction of sp³-hybridized carbons (Fsp3) is 0.0714. The van der Waals surface area contributed by atoms with Crippen LogP contribution in [0.25, 0.3) is 0 Å². The van der Waals surface area contributed by atoms with Crippen LogP contribution in [0.2, 0.25) is 0 Å². The molecule has 0 bridgehead atoms. The molecule has 6 heteroatoms. The smallest absolute Gasteiger partial charge is 0.292 e. The maximum absolute atomic E-state index is 10.7. The third-order valence-corrected chi connectivity index (χ3v) is 2.96. The molecular weight excluding hydrogens is 256 g/mol. The maximum Gasteiger partial charge on any atom is 0.292 e. The molecule has 0 aliphatic heterocycles. The first-order valence-corrected chi connectivity index (χ1v) is 5.80. The van der Waals surface area contributed by atoms with Crippen LogP contribution in [0.5, 0.6) is 0 Å². The Morgan fingerprint density at radius 3 is 2.55 bits per heavy atom. The Morgan fingerprint density at radius 1 is 1.25 bits per heavy atom. The van der Waals surface area contributed by atoms with Gasteiger partial charge in [0, 0.05) is 24.5 Å². The summed E-state index contributed by atoms with van der Waals surface area (Å²) in [6.45, 7) is 0. The zero-order chi connectivity index (χ0) is 14.7. The predicted octanol–water partition coefficient (Wildman–Crippen LogP) is 2.82. The van der Waals surface area contributed by atoms with Gasteiger partial charge in [0.25, 0.3) is 5.69 Å². The van der Waals surface area contributed by atoms with Gasteiger partial charge < -0.3 is 10.6 Å². The summed E-state index contributed by atoms with van der Waals surface area (Å²) in [7, 11) is 1.80. The van der Waals surface area contributed by atoms with Gasteiger partial charge >= 0.3 is 0 Å². The van der Waals surface area contributed by atoms with Crippen molar-refractivity contribution < 1.29 is 4.92 Å². The van der Waals surface area contributed by atoms with E-state index in [1.165, 1.54) is 12.1 Å². The molecule has 0 aliphatic carbocycles. The number of hydrogen-bond donors (Lipinski definition) is 1. The largest absolute Gasteiger partial charge is 0.393 e. The van der Waals surface area contributed by atoms with E-state index in [-0.39, 0.29) is 11.4 Å². The molecule has 2 aromatic rings. The highest BCUT2D eigenvalue weighted by Crippen LogP contribution is 2.30. The number of anilines is 3. The highest BCUT2D eigenvalue weighted by molar-refractivity contribution is 5.71. The highest BCUT2D eigenvalue weighted by atomic mass is 16.6. The van der Waals surface area contributed by atoms with Gasteiger partial charge in [0.05, 0.1) is 16.6 Å². The molecule has 100 valence electrons. The van der Waals surface area contributed by atoms with E-state index < -0.39 is 4.92 Å². The number of benzene rings is 2. The first-order chi connectivity index (χ1) is 9.52. The average molecular weight is 268 g/mol. The molecule has 6 nitrogen and oxygen atoms in total. The third kappa shape index (κ3) is 2.52. The zero-order valence-electron chi connectivity index (χ0n) is 10.8. The van der Waals surface area contributed by atoms with E-state index >= 15 is 0 Å². The van der Waals surface area contributed by atoms with Crippen LogP contribution >= 0.6 is 0 Å². The standard InChI is InChI=1S/C14H12N4O2/c1-17(11-4-2-3-10(7-11)9-15)12-5-6-14(18(19)20)13(16)8-12/h2-8H,16H2,1H3. The summed E-state index contributed by atoms with van der Waals surface area (Å²) >= 11 is 0. The Hall–Kier alpha value is -3.07. The molecule has 2 N–H and O–H groups in total. The minimum Gasteiger partial charge on any atom is -0.393 e. The molecule has 0 atom stereocenters. The predicted molar refractivity (Wildman–Crippen MR) is 76.7 cm³/mol. The van der Waals surface area contributed by atoms with Crippen LogP contribution in [0.15, 0.2) is 42.5 Å². The Kier molecular flexibility index (Phi) is 3.53. The summed E-state index contributed by atoms with van der Waals surface area (Å²) in [6.07, 6.45) is 0. The third-order valence-electron chi connectivity index (χ3n) is 2.96. The van der Waals surface area contributed by atoms with Crippen molar-refractivity contribution in [2.24, 2.45) is 0 Å². The number of nitro benzene ring substituents is 1. The van der Waals surface area contributed by atoms with Crippen molar-refractivity contribution in [1.29, 1.82) is 5.26 Å². The van der Waals surface area contributed by atoms with E-state index in [1.54, 1.807) is 36.2 Å². The van der Waals surface area contributed by atoms with E-state index in [1.807, 2.05) is 6.07 Å². The van der Waals surface area contributed by atoms with Crippen molar-refractivity contribution in [3.63, 3.8) is 0 Å². The molecule has 0 saturated heterocycles. The average Bonchev–Trinajstić information content (AvgIpc) is 2.46. The number of hydrogen-bond acceptors (Lipinski definition) is 5. The van der Waals surface area contributed by atoms with Crippen LogP contribution in [0.1, 0.15) is 5.56 Å². The second kappa shape index (κ2) is 5.28. The quantitative estimate of drug-likeness (QED) is 0.524. The summed E-state index contributed by atoms with van der Waals surface area (Å²) < 4.78 is 0. The van der Waals surface area contributed by atoms with Gasteiger partial charge in [-0.1, -0.05) is 6.07 Å². The van der Waals surface area contributed by atoms with E-state index in [0.717, 1.165) is 5.69 Å². The van der Waals surface area contributed by atoms with Crippen molar-refractivity contribution in [1.82, 2.24) is 0 Å². The summed E-state index contributed by atoms with van der Waals surface area (Å²) in [5.74, 6) is 0. The molecule has 20 heavy (non-hydrogen) atoms. The molecule has 0 aliphatic rings. The lowest BCUT2D eigenvalue weighted by molar-refractivity contribution is -0.383. The molecule has 0 spiro atoms. The van der Waals surface area contributed by atoms with Crippen LogP contribution in [0.3, 0.4) is 0 Å². The molecule has 0 amide bonds. The lowest BCUT2D eigenvalue weighted by atomic mass is 10.2. The van der Waals surface area contributed by atoms with Gasteiger partial charge in [0.15, 0.2) is 0 Å². The van der Waals surface area contributed by atoms with E-state index in [0.29, 0.717) is 11.3 Å². The number of nitrogens with zero attached hydrogens (tertiary/aromatic N) is 3. The fourth-order valence-corrected chi connectivity index (χ4v) is 1.85. The van der Waals surface area contributed by atoms with Gasteiger partial charge in [0.2, 0.25) is 0 Å². The van der Waals surface area contributed by atoms with Gasteiger partial charge in [0.1, 0.15) is 5.69 Å². The van der Waals surface area contributed by atoms with Crippen LogP contribution in [-0.2, 0) is 0 Å². The van der Waals surface area contributed by atoms with Crippen LogP contribution in [0, 0.1) is 21.4 Å². The number of nitro groups is 1. The van der Waals surface area contributed by atoms with Crippen LogP contribution in [-0.4, -0.2) is 12.0 Å². The molecular formula is C14H12N4O2. The van der Waals surface area contributed by atoms with E-state index in [4.69, 9.17) is 11.0 Å². The Balaban J connectivity index is 2.38. The second-order valence-corrected chi connectivity index (χ2v) is 4.22. The first kappa shape index (κ1) is 13.4. The van der Waals surface area contributed by atoms with Gasteiger partial charge in [-0.2, -0.15) is 5.26 Å². The lowest BCUT2D eigenvalue weighted by Gasteiger charge is -2.20. The van der Waals surface area contributed by atoms with Gasteiger partial charge in [-0.15, -0.1) is 0 Å². The molecule has 0 radical (unpaired) electrons. The van der Waals surface area contributed by atoms with E-state index in [9.17, 15) is 10.1 Å². The number of nitriles is 1. The summed E-state index contributed by atoms with van der Waals surface area (Å²) in [5.41, 5.74) is 7.72. The van der Waals surface area contributed by atoms with Gasteiger partial charge in [-0.3, -0.25) is 10.1 Å². The summed E-state index contributed by atoms with van der Waals surface area (Å²) in [6, 6.07) is 13.7. The molecule has 0 unspecified atom stereocenters. The normalized spacial score (nSPS) is 9.80. The van der Waals surface area contributed by atoms with E-state index in [2.05, 4.69) is 6.07 Å². The minimum atomic E-state index is -0.518. The van der Waals surface area contributed by atoms with Crippen molar-refractivity contribution >= 4 is 22.7 Å². The molecule has 2 rings (SSSR count). The Labute approximate surface area is 115 Å². The Bertz CT molecular complexity index is 707. The topological polar surface area (TPSA) is 96.2 Å². The number of nitrogen functional groups attached to an aromatic ring is 1. The van der Waals surface area contributed by atoms with Crippen molar-refractivity contribution in [2.45, 2.75) is 0 Å². The Morgan fingerprint density at radius 2 is 1.95 bits per heavy atom. The van der Waals surface area contributed by atoms with Crippen LogP contribution in [0.4, 0.5) is 22.7 Å². The summed E-state index contributed by atoms with van der Waals surface area (Å²) in [4.78, 5) is 12.0. The van der Waals surface area contributed by atoms with Crippen molar-refractivity contribution in [3.05, 3.63) is 58.1 Å². The first-order valence-electron chi connectivity index (χ1n) is 5.80. The molecule has 0 aromatic heterocycles. The molecule has 2 aromatic carbocycles. The van der Waals surface area contributed by atoms with Crippen molar-refractivity contribution in [3.8, 4) is 6.07 Å². The monoisotopic (exact) mass is 268 g/mol. The molecule has 0 fully saturated rings. The fourth-order valence-electron chi connectivity index (χ4n) is 1.85. The maximum atomic E-state index is 10.7. The SMILES string of the molecule is CN(c1cccc(C#N)c1)c1ccc([N+](=O)[O-])c(N)c1. The molecule has 0 heterocycles. The summed E-state index contributed by atoms with van der Waals surface area (Å²) in [5, 5.41) is 19.6. The van der Waals surface area contributed by atoms with Gasteiger partial charge in [-0.05, 0) is 30.3 Å². The highest BCUT2D eigenvalue weighted by Gasteiger charge is 2.13. The number of rotatable bonds is 3.